The van der Waals surface area contributed by atoms with Crippen LogP contribution in [0.15, 0.2) is 42.5 Å². The summed E-state index contributed by atoms with van der Waals surface area (Å²) < 4.78 is 5.06. The van der Waals surface area contributed by atoms with Crippen molar-refractivity contribution in [3.05, 3.63) is 64.7 Å². The lowest BCUT2D eigenvalue weighted by Crippen LogP contribution is -2.03. The maximum absolute atomic E-state index is 11.2. The molecular formula is C17H14O5. The number of carbonyl (C=O) groups is 2. The van der Waals surface area contributed by atoms with Crippen molar-refractivity contribution < 1.29 is 24.5 Å². The van der Waals surface area contributed by atoms with Crippen LogP contribution < -0.4 is 4.74 Å². The van der Waals surface area contributed by atoms with E-state index in [0.717, 1.165) is 11.3 Å². The smallest absolute Gasteiger partial charge is 0.336 e. The molecule has 2 rings (SSSR count). The van der Waals surface area contributed by atoms with E-state index in [9.17, 15) is 9.59 Å². The number of ether oxygens (including phenoxy) is 1. The molecule has 0 aliphatic carbocycles. The van der Waals surface area contributed by atoms with Gasteiger partial charge in [0.25, 0.3) is 0 Å². The molecule has 0 amide bonds. The molecule has 22 heavy (non-hydrogen) atoms. The number of methoxy groups -OCH3 is 1. The van der Waals surface area contributed by atoms with Crippen LogP contribution in [0, 0.1) is 0 Å². The Bertz CT molecular complexity index is 729. The fourth-order valence-corrected chi connectivity index (χ4v) is 1.93. The van der Waals surface area contributed by atoms with Crippen LogP contribution in [0.5, 0.6) is 5.75 Å². The van der Waals surface area contributed by atoms with Gasteiger partial charge in [0.2, 0.25) is 0 Å². The van der Waals surface area contributed by atoms with Gasteiger partial charge in [-0.2, -0.15) is 0 Å². The van der Waals surface area contributed by atoms with E-state index in [1.807, 2.05) is 12.1 Å². The SMILES string of the molecule is COc1ccc(/C=C/c2cc(C(=O)O)ccc2C(=O)O)cc1. The fourth-order valence-electron chi connectivity index (χ4n) is 1.93. The summed E-state index contributed by atoms with van der Waals surface area (Å²) in [5, 5.41) is 18.2. The standard InChI is InChI=1S/C17H14O5/c1-22-14-7-3-11(4-8-14)2-5-12-10-13(16(18)19)6-9-15(12)17(20)21/h2-10H,1H3,(H,18,19)(H,20,21)/b5-2+. The first-order valence-corrected chi connectivity index (χ1v) is 6.44. The van der Waals surface area contributed by atoms with E-state index in [4.69, 9.17) is 14.9 Å². The topological polar surface area (TPSA) is 83.8 Å². The molecule has 0 aromatic heterocycles. The largest absolute Gasteiger partial charge is 0.497 e. The van der Waals surface area contributed by atoms with Crippen LogP contribution in [-0.2, 0) is 0 Å². The third kappa shape index (κ3) is 3.52. The predicted octanol–water partition coefficient (Wildman–Crippen LogP) is 3.26. The normalized spacial score (nSPS) is 10.6. The fraction of sp³-hybridized carbons (Fsp3) is 0.0588. The summed E-state index contributed by atoms with van der Waals surface area (Å²) in [5.41, 5.74) is 1.27. The number of hydrogen-bond donors (Lipinski definition) is 2. The molecule has 0 atom stereocenters. The summed E-state index contributed by atoms with van der Waals surface area (Å²) >= 11 is 0. The second-order valence-corrected chi connectivity index (χ2v) is 4.52. The first-order valence-electron chi connectivity index (χ1n) is 6.44. The molecule has 0 saturated carbocycles. The van der Waals surface area contributed by atoms with E-state index in [2.05, 4.69) is 0 Å². The van der Waals surface area contributed by atoms with Gasteiger partial charge in [0.1, 0.15) is 5.75 Å². The molecule has 0 radical (unpaired) electrons. The Balaban J connectivity index is 2.36. The monoisotopic (exact) mass is 298 g/mol. The molecule has 0 aliphatic rings. The van der Waals surface area contributed by atoms with Gasteiger partial charge in [-0.15, -0.1) is 0 Å². The minimum absolute atomic E-state index is 0.0411. The van der Waals surface area contributed by atoms with Crippen LogP contribution in [-0.4, -0.2) is 29.3 Å². The Morgan fingerprint density at radius 1 is 0.955 bits per heavy atom. The van der Waals surface area contributed by atoms with Gasteiger partial charge in [0.15, 0.2) is 0 Å². The van der Waals surface area contributed by atoms with Crippen LogP contribution in [0.25, 0.3) is 12.2 Å². The molecule has 5 nitrogen and oxygen atoms in total. The van der Waals surface area contributed by atoms with Crippen LogP contribution in [0.1, 0.15) is 31.8 Å². The van der Waals surface area contributed by atoms with E-state index < -0.39 is 11.9 Å². The highest BCUT2D eigenvalue weighted by Gasteiger charge is 2.11. The molecular weight excluding hydrogens is 284 g/mol. The Labute approximate surface area is 127 Å². The maximum Gasteiger partial charge on any atom is 0.336 e. The van der Waals surface area contributed by atoms with Gasteiger partial charge in [-0.3, -0.25) is 0 Å². The van der Waals surface area contributed by atoms with Gasteiger partial charge in [0, 0.05) is 0 Å². The molecule has 2 N–H and O–H groups in total. The van der Waals surface area contributed by atoms with Crippen molar-refractivity contribution >= 4 is 24.1 Å². The lowest BCUT2D eigenvalue weighted by atomic mass is 10.0. The minimum atomic E-state index is -1.11. The van der Waals surface area contributed by atoms with Gasteiger partial charge in [0.05, 0.1) is 18.2 Å². The van der Waals surface area contributed by atoms with Crippen molar-refractivity contribution in [2.75, 3.05) is 7.11 Å². The summed E-state index contributed by atoms with van der Waals surface area (Å²) in [6, 6.07) is 11.1. The van der Waals surface area contributed by atoms with Gasteiger partial charge >= 0.3 is 11.9 Å². The lowest BCUT2D eigenvalue weighted by molar-refractivity contribution is 0.0681. The van der Waals surface area contributed by atoms with Crippen LogP contribution >= 0.6 is 0 Å². The number of hydrogen-bond acceptors (Lipinski definition) is 3. The van der Waals surface area contributed by atoms with Crippen molar-refractivity contribution in [3.63, 3.8) is 0 Å². The van der Waals surface area contributed by atoms with Crippen molar-refractivity contribution in [3.8, 4) is 5.75 Å². The lowest BCUT2D eigenvalue weighted by Gasteiger charge is -2.03. The highest BCUT2D eigenvalue weighted by atomic mass is 16.5. The van der Waals surface area contributed by atoms with E-state index in [1.54, 1.807) is 31.4 Å². The third-order valence-electron chi connectivity index (χ3n) is 3.10. The molecule has 0 aliphatic heterocycles. The van der Waals surface area contributed by atoms with Crippen LogP contribution in [0.4, 0.5) is 0 Å². The first kappa shape index (κ1) is 15.3. The quantitative estimate of drug-likeness (QED) is 0.828. The van der Waals surface area contributed by atoms with Crippen molar-refractivity contribution in [2.24, 2.45) is 0 Å². The van der Waals surface area contributed by atoms with Gasteiger partial charge in [-0.1, -0.05) is 24.3 Å². The zero-order valence-corrected chi connectivity index (χ0v) is 11.8. The van der Waals surface area contributed by atoms with Gasteiger partial charge in [-0.25, -0.2) is 9.59 Å². The first-order chi connectivity index (χ1) is 10.5. The zero-order chi connectivity index (χ0) is 16.1. The summed E-state index contributed by atoms with van der Waals surface area (Å²) in [6.45, 7) is 0. The second-order valence-electron chi connectivity index (χ2n) is 4.52. The van der Waals surface area contributed by atoms with E-state index in [0.29, 0.717) is 5.56 Å². The van der Waals surface area contributed by atoms with Crippen LogP contribution in [0.2, 0.25) is 0 Å². The summed E-state index contributed by atoms with van der Waals surface area (Å²) in [7, 11) is 1.57. The molecule has 0 saturated heterocycles. The summed E-state index contributed by atoms with van der Waals surface area (Å²) in [5.74, 6) is -1.49. The molecule has 2 aromatic rings. The molecule has 112 valence electrons. The van der Waals surface area contributed by atoms with Gasteiger partial charge < -0.3 is 14.9 Å². The average Bonchev–Trinajstić information content (AvgIpc) is 2.52. The number of rotatable bonds is 5. The average molecular weight is 298 g/mol. The molecule has 0 bridgehead atoms. The summed E-state index contributed by atoms with van der Waals surface area (Å²) in [6.07, 6.45) is 3.30. The molecule has 0 spiro atoms. The highest BCUT2D eigenvalue weighted by Crippen LogP contribution is 2.18. The highest BCUT2D eigenvalue weighted by molar-refractivity contribution is 5.96. The van der Waals surface area contributed by atoms with Crippen LogP contribution in [0.3, 0.4) is 0 Å². The zero-order valence-electron chi connectivity index (χ0n) is 11.8. The predicted molar refractivity (Wildman–Crippen MR) is 82.3 cm³/mol. The number of carboxylic acids is 2. The van der Waals surface area contributed by atoms with Crippen molar-refractivity contribution in [2.45, 2.75) is 0 Å². The van der Waals surface area contributed by atoms with Gasteiger partial charge in [-0.05, 0) is 41.5 Å². The molecule has 5 heteroatoms. The molecule has 0 unspecified atom stereocenters. The number of aromatic carboxylic acids is 2. The van der Waals surface area contributed by atoms with E-state index in [-0.39, 0.29) is 11.1 Å². The van der Waals surface area contributed by atoms with Crippen molar-refractivity contribution in [1.82, 2.24) is 0 Å². The second kappa shape index (κ2) is 6.58. The third-order valence-corrected chi connectivity index (χ3v) is 3.10. The Morgan fingerprint density at radius 3 is 2.18 bits per heavy atom. The van der Waals surface area contributed by atoms with E-state index >= 15 is 0 Å². The molecule has 0 heterocycles. The number of benzene rings is 2. The molecule has 2 aromatic carbocycles. The summed E-state index contributed by atoms with van der Waals surface area (Å²) in [4.78, 5) is 22.2. The Hall–Kier alpha value is -3.08. The minimum Gasteiger partial charge on any atom is -0.497 e. The van der Waals surface area contributed by atoms with E-state index in [1.165, 1.54) is 18.2 Å². The molecule has 0 fully saturated rings. The Morgan fingerprint density at radius 2 is 1.64 bits per heavy atom. The Kier molecular flexibility index (Phi) is 4.58. The maximum atomic E-state index is 11.2. The number of carboxylic acid groups (broad SMARTS) is 2. The van der Waals surface area contributed by atoms with Crippen molar-refractivity contribution in [1.29, 1.82) is 0 Å².